The Morgan fingerprint density at radius 3 is 2.80 bits per heavy atom. The summed E-state index contributed by atoms with van der Waals surface area (Å²) in [5, 5.41) is 23.6. The van der Waals surface area contributed by atoms with Crippen molar-refractivity contribution < 1.29 is 9.72 Å². The SMILES string of the molecule is CCNC(=O)[C@H]1Cc2cc([N+](=O)[O-])ccc2N2CCN(c3ccccc3C#N)C[C@H]12. The molecule has 1 N–H and O–H groups in total. The molecular formula is C22H23N5O3. The van der Waals surface area contributed by atoms with Gasteiger partial charge in [-0.05, 0) is 37.1 Å². The fourth-order valence-corrected chi connectivity index (χ4v) is 4.59. The second-order valence-electron chi connectivity index (χ2n) is 7.61. The van der Waals surface area contributed by atoms with Gasteiger partial charge < -0.3 is 15.1 Å². The molecule has 0 unspecified atom stereocenters. The van der Waals surface area contributed by atoms with Gasteiger partial charge >= 0.3 is 0 Å². The molecule has 2 heterocycles. The number of amides is 1. The maximum atomic E-state index is 12.9. The molecule has 2 aliphatic rings. The van der Waals surface area contributed by atoms with E-state index < -0.39 is 4.92 Å². The molecule has 4 rings (SSSR count). The van der Waals surface area contributed by atoms with Crippen LogP contribution in [0, 0.1) is 27.4 Å². The van der Waals surface area contributed by atoms with Gasteiger partial charge in [0, 0.05) is 44.0 Å². The molecule has 0 saturated carbocycles. The Morgan fingerprint density at radius 1 is 1.27 bits per heavy atom. The van der Waals surface area contributed by atoms with E-state index in [4.69, 9.17) is 0 Å². The van der Waals surface area contributed by atoms with Crippen LogP contribution in [-0.4, -0.2) is 43.1 Å². The predicted octanol–water partition coefficient (Wildman–Crippen LogP) is 2.47. The van der Waals surface area contributed by atoms with Crippen molar-refractivity contribution in [3.8, 4) is 6.07 Å². The average Bonchev–Trinajstić information content (AvgIpc) is 2.77. The Bertz CT molecular complexity index is 1030. The Kier molecular flexibility index (Phi) is 5.27. The number of nitrogens with one attached hydrogen (secondary N) is 1. The number of non-ortho nitro benzene ring substituents is 1. The number of nitro benzene ring substituents is 1. The Balaban J connectivity index is 1.71. The van der Waals surface area contributed by atoms with Crippen LogP contribution in [0.3, 0.4) is 0 Å². The highest BCUT2D eigenvalue weighted by Crippen LogP contribution is 2.39. The summed E-state index contributed by atoms with van der Waals surface area (Å²) in [4.78, 5) is 28.1. The Morgan fingerprint density at radius 2 is 2.07 bits per heavy atom. The highest BCUT2D eigenvalue weighted by atomic mass is 16.6. The summed E-state index contributed by atoms with van der Waals surface area (Å²) in [6, 6.07) is 14.6. The van der Waals surface area contributed by atoms with Crippen molar-refractivity contribution in [3.63, 3.8) is 0 Å². The van der Waals surface area contributed by atoms with Crippen molar-refractivity contribution in [2.75, 3.05) is 36.0 Å². The van der Waals surface area contributed by atoms with Crippen molar-refractivity contribution >= 4 is 23.0 Å². The molecule has 0 bridgehead atoms. The summed E-state index contributed by atoms with van der Waals surface area (Å²) < 4.78 is 0. The largest absolute Gasteiger partial charge is 0.367 e. The molecular weight excluding hydrogens is 382 g/mol. The summed E-state index contributed by atoms with van der Waals surface area (Å²) in [6.07, 6.45) is 0.456. The Hall–Kier alpha value is -3.60. The van der Waals surface area contributed by atoms with E-state index in [1.54, 1.807) is 18.2 Å². The molecule has 2 aliphatic heterocycles. The molecule has 1 fully saturated rings. The number of hydrogen-bond acceptors (Lipinski definition) is 6. The van der Waals surface area contributed by atoms with Crippen LogP contribution in [0.5, 0.6) is 0 Å². The van der Waals surface area contributed by atoms with Crippen LogP contribution in [0.4, 0.5) is 17.1 Å². The first-order valence-corrected chi connectivity index (χ1v) is 10.1. The van der Waals surface area contributed by atoms with Crippen LogP contribution in [0.25, 0.3) is 0 Å². The van der Waals surface area contributed by atoms with Gasteiger partial charge in [0.05, 0.1) is 28.1 Å². The number of carbonyl (C=O) groups excluding carboxylic acids is 1. The molecule has 1 amide bonds. The number of fused-ring (bicyclic) bond motifs is 3. The number of nitriles is 1. The number of nitro groups is 1. The van der Waals surface area contributed by atoms with Gasteiger partial charge in [-0.3, -0.25) is 14.9 Å². The number of para-hydroxylation sites is 1. The summed E-state index contributed by atoms with van der Waals surface area (Å²) >= 11 is 0. The molecule has 0 aliphatic carbocycles. The van der Waals surface area contributed by atoms with E-state index >= 15 is 0 Å². The van der Waals surface area contributed by atoms with Gasteiger partial charge in [-0.25, -0.2) is 0 Å². The summed E-state index contributed by atoms with van der Waals surface area (Å²) in [6.45, 7) is 4.40. The van der Waals surface area contributed by atoms with Gasteiger partial charge in [0.2, 0.25) is 5.91 Å². The molecule has 154 valence electrons. The molecule has 0 spiro atoms. The molecule has 2 aromatic rings. The number of benzene rings is 2. The zero-order valence-electron chi connectivity index (χ0n) is 16.7. The van der Waals surface area contributed by atoms with E-state index in [9.17, 15) is 20.2 Å². The lowest BCUT2D eigenvalue weighted by Gasteiger charge is -2.49. The molecule has 1 saturated heterocycles. The Labute approximate surface area is 174 Å². The number of nitrogens with zero attached hydrogens (tertiary/aromatic N) is 4. The zero-order chi connectivity index (χ0) is 21.3. The minimum absolute atomic E-state index is 0.0416. The zero-order valence-corrected chi connectivity index (χ0v) is 16.7. The van der Waals surface area contributed by atoms with Crippen molar-refractivity contribution in [1.82, 2.24) is 5.32 Å². The number of piperazine rings is 1. The van der Waals surface area contributed by atoms with Crippen molar-refractivity contribution in [3.05, 3.63) is 63.7 Å². The average molecular weight is 405 g/mol. The highest BCUT2D eigenvalue weighted by Gasteiger charge is 2.42. The quantitative estimate of drug-likeness (QED) is 0.619. The van der Waals surface area contributed by atoms with E-state index in [0.29, 0.717) is 38.2 Å². The second kappa shape index (κ2) is 8.03. The third-order valence-electron chi connectivity index (χ3n) is 5.96. The van der Waals surface area contributed by atoms with E-state index in [2.05, 4.69) is 21.2 Å². The molecule has 8 nitrogen and oxygen atoms in total. The van der Waals surface area contributed by atoms with Crippen LogP contribution in [0.2, 0.25) is 0 Å². The molecule has 2 atom stereocenters. The number of rotatable bonds is 4. The summed E-state index contributed by atoms with van der Waals surface area (Å²) in [5.41, 5.74) is 3.33. The highest BCUT2D eigenvalue weighted by molar-refractivity contribution is 5.82. The standard InChI is InChI=1S/C22H23N5O3/c1-2-24-22(28)18-12-16-11-17(27(29)30)7-8-20(16)26-10-9-25(14-21(18)26)19-6-4-3-5-15(19)13-23/h3-8,11,18,21H,2,9-10,12,14H2,1H3,(H,24,28)/t18-,21+/m0/s1. The van der Waals surface area contributed by atoms with Gasteiger partial charge in [0.25, 0.3) is 5.69 Å². The van der Waals surface area contributed by atoms with Crippen LogP contribution in [0.1, 0.15) is 18.1 Å². The fraction of sp³-hybridized carbons (Fsp3) is 0.364. The first kappa shape index (κ1) is 19.7. The van der Waals surface area contributed by atoms with Gasteiger partial charge in [-0.2, -0.15) is 5.26 Å². The van der Waals surface area contributed by atoms with Crippen LogP contribution >= 0.6 is 0 Å². The third-order valence-corrected chi connectivity index (χ3v) is 5.96. The minimum Gasteiger partial charge on any atom is -0.367 e. The van der Waals surface area contributed by atoms with E-state index in [-0.39, 0.29) is 23.6 Å². The number of carbonyl (C=O) groups is 1. The van der Waals surface area contributed by atoms with Gasteiger partial charge in [-0.15, -0.1) is 0 Å². The van der Waals surface area contributed by atoms with Gasteiger partial charge in [-0.1, -0.05) is 12.1 Å². The lowest BCUT2D eigenvalue weighted by molar-refractivity contribution is -0.384. The maximum absolute atomic E-state index is 12.9. The normalized spacial score (nSPS) is 20.0. The fourth-order valence-electron chi connectivity index (χ4n) is 4.59. The first-order valence-electron chi connectivity index (χ1n) is 10.1. The second-order valence-corrected chi connectivity index (χ2v) is 7.61. The van der Waals surface area contributed by atoms with E-state index in [1.807, 2.05) is 25.1 Å². The predicted molar refractivity (Wildman–Crippen MR) is 113 cm³/mol. The van der Waals surface area contributed by atoms with Crippen LogP contribution in [-0.2, 0) is 11.2 Å². The van der Waals surface area contributed by atoms with Crippen LogP contribution in [0.15, 0.2) is 42.5 Å². The van der Waals surface area contributed by atoms with Crippen LogP contribution < -0.4 is 15.1 Å². The topological polar surface area (TPSA) is 103 Å². The molecule has 2 aromatic carbocycles. The van der Waals surface area contributed by atoms with Crippen molar-refractivity contribution in [2.24, 2.45) is 5.92 Å². The minimum atomic E-state index is -0.399. The van der Waals surface area contributed by atoms with Crippen molar-refractivity contribution in [1.29, 1.82) is 5.26 Å². The third kappa shape index (κ3) is 3.43. The van der Waals surface area contributed by atoms with Gasteiger partial charge in [0.1, 0.15) is 6.07 Å². The smallest absolute Gasteiger partial charge is 0.269 e. The molecule has 30 heavy (non-hydrogen) atoms. The van der Waals surface area contributed by atoms with Gasteiger partial charge in [0.15, 0.2) is 0 Å². The van der Waals surface area contributed by atoms with E-state index in [1.165, 1.54) is 6.07 Å². The summed E-state index contributed by atoms with van der Waals surface area (Å²) in [5.74, 6) is -0.364. The number of anilines is 2. The van der Waals surface area contributed by atoms with E-state index in [0.717, 1.165) is 16.9 Å². The monoisotopic (exact) mass is 405 g/mol. The molecule has 0 aromatic heterocycles. The first-order chi connectivity index (χ1) is 14.5. The van der Waals surface area contributed by atoms with Crippen molar-refractivity contribution in [2.45, 2.75) is 19.4 Å². The lowest BCUT2D eigenvalue weighted by Crippen LogP contribution is -2.61. The molecule has 0 radical (unpaired) electrons. The number of hydrogen-bond donors (Lipinski definition) is 1. The molecule has 8 heteroatoms. The summed E-state index contributed by atoms with van der Waals surface area (Å²) in [7, 11) is 0. The maximum Gasteiger partial charge on any atom is 0.269 e. The lowest BCUT2D eigenvalue weighted by atomic mass is 9.83.